The number of methoxy groups -OCH3 is 2. The number of hydrogen-bond acceptors (Lipinski definition) is 4. The van der Waals surface area contributed by atoms with Gasteiger partial charge in [0.15, 0.2) is 0 Å². The van der Waals surface area contributed by atoms with Gasteiger partial charge in [0.1, 0.15) is 11.3 Å². The molecule has 0 N–H and O–H groups in total. The highest BCUT2D eigenvalue weighted by Crippen LogP contribution is 2.57. The van der Waals surface area contributed by atoms with E-state index in [0.717, 1.165) is 5.69 Å². The normalized spacial score (nSPS) is 27.5. The number of carbonyl (C=O) groups excluding carboxylic acids is 1. The maximum Gasteiger partial charge on any atom is 0.342 e. The number of ether oxygens (including phenoxy) is 2. The van der Waals surface area contributed by atoms with Crippen molar-refractivity contribution in [2.45, 2.75) is 47.4 Å². The molecule has 0 radical (unpaired) electrons. The molecule has 6 heteroatoms. The molecule has 2 aromatic rings. The van der Waals surface area contributed by atoms with E-state index in [2.05, 4.69) is 28.7 Å². The number of carbonyl (C=O) groups is 1. The molecule has 3 fully saturated rings. The minimum Gasteiger partial charge on any atom is -0.496 e. The maximum absolute atomic E-state index is 12.3. The average molecular weight is 486 g/mol. The molecule has 3 aliphatic rings. The molecule has 4 nitrogen and oxygen atoms in total. The number of nitrogens with zero attached hydrogens (tertiary/aromatic N) is 1. The first-order chi connectivity index (χ1) is 12.4. The first-order valence-corrected chi connectivity index (χ1v) is 10.3. The molecule has 1 heterocycles. The van der Waals surface area contributed by atoms with E-state index in [-0.39, 0.29) is 5.41 Å². The molecule has 1 aromatic carbocycles. The number of rotatable bonds is 3. The smallest absolute Gasteiger partial charge is 0.342 e. The van der Waals surface area contributed by atoms with Gasteiger partial charge < -0.3 is 9.47 Å². The van der Waals surface area contributed by atoms with Gasteiger partial charge in [-0.05, 0) is 50.7 Å². The second kappa shape index (κ2) is 6.51. The predicted octanol–water partition coefficient (Wildman–Crippen LogP) is 5.46. The van der Waals surface area contributed by atoms with E-state index in [0.29, 0.717) is 30.7 Å². The fourth-order valence-corrected chi connectivity index (χ4v) is 5.58. The van der Waals surface area contributed by atoms with Gasteiger partial charge >= 0.3 is 5.97 Å². The summed E-state index contributed by atoms with van der Waals surface area (Å²) in [6.45, 7) is 0. The lowest BCUT2D eigenvalue weighted by Crippen LogP contribution is -2.45. The number of alkyl halides is 1. The summed E-state index contributed by atoms with van der Waals surface area (Å²) in [5.41, 5.74) is 2.28. The molecule has 0 unspecified atom stereocenters. The van der Waals surface area contributed by atoms with Crippen molar-refractivity contribution in [2.24, 2.45) is 0 Å². The average Bonchev–Trinajstić information content (AvgIpc) is 2.68. The summed E-state index contributed by atoms with van der Waals surface area (Å²) in [6, 6.07) is 5.67. The van der Waals surface area contributed by atoms with Crippen LogP contribution in [0.5, 0.6) is 5.75 Å². The third-order valence-electron chi connectivity index (χ3n) is 6.20. The van der Waals surface area contributed by atoms with Crippen LogP contribution in [0.15, 0.2) is 18.2 Å². The van der Waals surface area contributed by atoms with Crippen LogP contribution in [0.1, 0.15) is 54.6 Å². The van der Waals surface area contributed by atoms with E-state index in [4.69, 9.17) is 26.1 Å². The molecular weight excluding hydrogens is 465 g/mol. The van der Waals surface area contributed by atoms with Crippen LogP contribution in [-0.4, -0.2) is 28.6 Å². The Balaban J connectivity index is 1.86. The summed E-state index contributed by atoms with van der Waals surface area (Å²) in [5, 5.41) is 1.17. The number of pyridine rings is 1. The van der Waals surface area contributed by atoms with Gasteiger partial charge in [0.25, 0.3) is 0 Å². The number of hydrogen-bond donors (Lipinski definition) is 0. The monoisotopic (exact) mass is 485 g/mol. The highest BCUT2D eigenvalue weighted by molar-refractivity contribution is 14.1. The second-order valence-corrected chi connectivity index (χ2v) is 10.1. The third-order valence-corrected chi connectivity index (χ3v) is 8.11. The fraction of sp³-hybridized carbons (Fsp3) is 0.500. The van der Waals surface area contributed by atoms with Crippen molar-refractivity contribution < 1.29 is 14.3 Å². The Morgan fingerprint density at radius 1 is 1.15 bits per heavy atom. The number of benzene rings is 1. The summed E-state index contributed by atoms with van der Waals surface area (Å²) in [6.07, 6.45) is 7.26. The van der Waals surface area contributed by atoms with Gasteiger partial charge in [-0.2, -0.15) is 0 Å². The highest BCUT2D eigenvalue weighted by Gasteiger charge is 2.48. The molecule has 2 bridgehead atoms. The SMILES string of the molecule is COC(=O)c1c(OC)cc(Cl)c2nc(C34CCC(I)(CC3)CC4)ccc12. The fourth-order valence-electron chi connectivity index (χ4n) is 4.52. The van der Waals surface area contributed by atoms with E-state index >= 15 is 0 Å². The van der Waals surface area contributed by atoms with Crippen LogP contribution in [0.4, 0.5) is 0 Å². The molecule has 3 saturated carbocycles. The van der Waals surface area contributed by atoms with Crippen LogP contribution in [-0.2, 0) is 10.2 Å². The topological polar surface area (TPSA) is 48.4 Å². The molecule has 0 saturated heterocycles. The lowest BCUT2D eigenvalue weighted by molar-refractivity contribution is 0.0599. The quantitative estimate of drug-likeness (QED) is 0.329. The molecule has 0 amide bonds. The van der Waals surface area contributed by atoms with Gasteiger partial charge in [-0.25, -0.2) is 4.79 Å². The Hall–Kier alpha value is -1.08. The van der Waals surface area contributed by atoms with Crippen LogP contribution in [0.3, 0.4) is 0 Å². The van der Waals surface area contributed by atoms with Crippen LogP contribution in [0.2, 0.25) is 5.02 Å². The van der Waals surface area contributed by atoms with Crippen molar-refractivity contribution in [2.75, 3.05) is 14.2 Å². The Morgan fingerprint density at radius 3 is 2.38 bits per heavy atom. The lowest BCUT2D eigenvalue weighted by atomic mass is 9.59. The van der Waals surface area contributed by atoms with E-state index < -0.39 is 5.97 Å². The number of halogens is 2. The van der Waals surface area contributed by atoms with Gasteiger partial charge in [-0.1, -0.05) is 34.2 Å². The van der Waals surface area contributed by atoms with E-state index in [1.165, 1.54) is 52.7 Å². The van der Waals surface area contributed by atoms with Crippen LogP contribution in [0, 0.1) is 0 Å². The van der Waals surface area contributed by atoms with Gasteiger partial charge in [-0.3, -0.25) is 4.98 Å². The highest BCUT2D eigenvalue weighted by atomic mass is 127. The minimum absolute atomic E-state index is 0.149. The van der Waals surface area contributed by atoms with Crippen molar-refractivity contribution in [3.8, 4) is 5.75 Å². The molecule has 26 heavy (non-hydrogen) atoms. The van der Waals surface area contributed by atoms with Crippen molar-refractivity contribution in [1.82, 2.24) is 4.98 Å². The van der Waals surface area contributed by atoms with Crippen molar-refractivity contribution in [3.63, 3.8) is 0 Å². The van der Waals surface area contributed by atoms with E-state index in [9.17, 15) is 4.79 Å². The van der Waals surface area contributed by atoms with Gasteiger partial charge in [0.2, 0.25) is 0 Å². The van der Waals surface area contributed by atoms with Crippen LogP contribution >= 0.6 is 34.2 Å². The molecule has 0 atom stereocenters. The van der Waals surface area contributed by atoms with Gasteiger partial charge in [0, 0.05) is 26.0 Å². The minimum atomic E-state index is -0.443. The Kier molecular flexibility index (Phi) is 4.58. The Morgan fingerprint density at radius 2 is 1.81 bits per heavy atom. The number of fused-ring (bicyclic) bond motifs is 4. The summed E-state index contributed by atoms with van der Waals surface area (Å²) in [4.78, 5) is 17.2. The van der Waals surface area contributed by atoms with E-state index in [1.54, 1.807) is 6.07 Å². The molecular formula is C20H21ClINO3. The zero-order chi connectivity index (χ0) is 18.5. The van der Waals surface area contributed by atoms with Crippen molar-refractivity contribution in [1.29, 1.82) is 0 Å². The zero-order valence-corrected chi connectivity index (χ0v) is 17.8. The van der Waals surface area contributed by atoms with Crippen molar-refractivity contribution in [3.05, 3.63) is 34.5 Å². The predicted molar refractivity (Wildman–Crippen MR) is 111 cm³/mol. The molecule has 138 valence electrons. The first-order valence-electron chi connectivity index (χ1n) is 8.86. The summed E-state index contributed by atoms with van der Waals surface area (Å²) in [7, 11) is 2.88. The molecule has 0 spiro atoms. The Labute approximate surface area is 171 Å². The second-order valence-electron chi connectivity index (χ2n) is 7.45. The van der Waals surface area contributed by atoms with E-state index in [1.807, 2.05) is 6.07 Å². The first kappa shape index (κ1) is 18.3. The standard InChI is InChI=1S/C20H21ClINO3/c1-25-14-11-13(21)17-12(16(14)18(24)26-2)3-4-15(23-17)19-5-8-20(22,9-6-19)10-7-19/h3-4,11H,5-10H2,1-2H3. The molecule has 3 aliphatic carbocycles. The largest absolute Gasteiger partial charge is 0.496 e. The maximum atomic E-state index is 12.3. The summed E-state index contributed by atoms with van der Waals surface area (Å²) in [5.74, 6) is -0.0339. The Bertz CT molecular complexity index is 874. The zero-order valence-electron chi connectivity index (χ0n) is 14.9. The van der Waals surface area contributed by atoms with Gasteiger partial charge in [-0.15, -0.1) is 0 Å². The third kappa shape index (κ3) is 2.78. The van der Waals surface area contributed by atoms with Gasteiger partial charge in [0.05, 0.1) is 24.8 Å². The van der Waals surface area contributed by atoms with Crippen LogP contribution in [0.25, 0.3) is 10.9 Å². The number of esters is 1. The van der Waals surface area contributed by atoms with Crippen molar-refractivity contribution >= 4 is 51.1 Å². The molecule has 1 aromatic heterocycles. The summed E-state index contributed by atoms with van der Waals surface area (Å²) >= 11 is 9.15. The molecule has 5 rings (SSSR count). The summed E-state index contributed by atoms with van der Waals surface area (Å²) < 4.78 is 10.8. The van der Waals surface area contributed by atoms with Crippen LogP contribution < -0.4 is 4.74 Å². The number of aromatic nitrogens is 1. The lowest BCUT2D eigenvalue weighted by Gasteiger charge is -2.50. The molecule has 0 aliphatic heterocycles.